The number of phenols is 1. The van der Waals surface area contributed by atoms with Gasteiger partial charge in [0.25, 0.3) is 10.0 Å². The van der Waals surface area contributed by atoms with Crippen LogP contribution in [-0.4, -0.2) is 24.6 Å². The second-order valence-electron chi connectivity index (χ2n) is 8.90. The van der Waals surface area contributed by atoms with Crippen LogP contribution >= 0.6 is 11.3 Å². The number of sulfonamides is 1. The third kappa shape index (κ3) is 5.50. The second kappa shape index (κ2) is 9.73. The van der Waals surface area contributed by atoms with Crippen molar-refractivity contribution in [3.8, 4) is 16.2 Å². The summed E-state index contributed by atoms with van der Waals surface area (Å²) < 4.78 is 28.8. The maximum absolute atomic E-state index is 13.1. The van der Waals surface area contributed by atoms with E-state index in [0.29, 0.717) is 23.2 Å². The maximum Gasteiger partial charge on any atom is 0.262 e. The Bertz CT molecular complexity index is 1210. The third-order valence-electron chi connectivity index (χ3n) is 6.36. The first-order valence-corrected chi connectivity index (χ1v) is 13.7. The predicted octanol–water partition coefficient (Wildman–Crippen LogP) is 6.31. The lowest BCUT2D eigenvalue weighted by Crippen LogP contribution is -2.27. The summed E-state index contributed by atoms with van der Waals surface area (Å²) in [7, 11) is -3.79. The zero-order valence-electron chi connectivity index (χ0n) is 19.3. The zero-order chi connectivity index (χ0) is 23.6. The summed E-state index contributed by atoms with van der Waals surface area (Å²) in [5.41, 5.74) is 2.78. The molecule has 0 spiro atoms. The van der Waals surface area contributed by atoms with Gasteiger partial charge in [0.05, 0.1) is 15.5 Å². The van der Waals surface area contributed by atoms with Crippen LogP contribution in [-0.2, 0) is 10.0 Å². The number of benzene rings is 2. The number of rotatable bonds is 7. The molecular weight excluding hydrogens is 454 g/mol. The number of nitrogens with one attached hydrogen (secondary N) is 2. The molecule has 1 fully saturated rings. The monoisotopic (exact) mass is 485 g/mol. The van der Waals surface area contributed by atoms with E-state index in [2.05, 4.69) is 17.0 Å². The third-order valence-corrected chi connectivity index (χ3v) is 9.03. The molecule has 1 saturated carbocycles. The first-order valence-electron chi connectivity index (χ1n) is 11.4. The van der Waals surface area contributed by atoms with E-state index in [1.807, 2.05) is 19.1 Å². The van der Waals surface area contributed by atoms with E-state index >= 15 is 0 Å². The summed E-state index contributed by atoms with van der Waals surface area (Å²) in [5, 5.41) is 13.9. The number of thiazole rings is 1. The Morgan fingerprint density at radius 1 is 1.06 bits per heavy atom. The fourth-order valence-corrected chi connectivity index (χ4v) is 6.83. The van der Waals surface area contributed by atoms with E-state index in [0.717, 1.165) is 21.3 Å². The van der Waals surface area contributed by atoms with Crippen molar-refractivity contribution >= 4 is 32.2 Å². The van der Waals surface area contributed by atoms with Gasteiger partial charge in [-0.2, -0.15) is 0 Å². The molecule has 0 amide bonds. The Kier molecular flexibility index (Phi) is 6.95. The summed E-state index contributed by atoms with van der Waals surface area (Å²) >= 11 is 1.57. The fourth-order valence-electron chi connectivity index (χ4n) is 4.44. The quantitative estimate of drug-likeness (QED) is 0.341. The Morgan fingerprint density at radius 3 is 2.45 bits per heavy atom. The number of hydrogen-bond donors (Lipinski definition) is 3. The standard InChI is InChI=1S/C25H31N3O3S2/c1-16-9-10-20(15-23(16)33(30,31)28-21-11-13-22(29)14-12-21)24-18(3)27-25(32-24)26-17(2)19-7-5-4-6-8-19/h9-15,17,19,28-29H,4-8H2,1-3H3,(H,26,27)/t17-/m1/s1. The molecule has 0 aliphatic heterocycles. The lowest BCUT2D eigenvalue weighted by atomic mass is 9.85. The highest BCUT2D eigenvalue weighted by molar-refractivity contribution is 7.92. The van der Waals surface area contributed by atoms with Gasteiger partial charge in [-0.15, -0.1) is 0 Å². The summed E-state index contributed by atoms with van der Waals surface area (Å²) in [6.45, 7) is 5.98. The van der Waals surface area contributed by atoms with Crippen LogP contribution in [0.2, 0.25) is 0 Å². The first kappa shape index (κ1) is 23.6. The lowest BCUT2D eigenvalue weighted by Gasteiger charge is -2.28. The van der Waals surface area contributed by atoms with Crippen LogP contribution in [0.1, 0.15) is 50.3 Å². The van der Waals surface area contributed by atoms with Crippen molar-refractivity contribution in [2.45, 2.75) is 63.8 Å². The largest absolute Gasteiger partial charge is 0.508 e. The molecule has 0 bridgehead atoms. The van der Waals surface area contributed by atoms with Crippen molar-refractivity contribution in [3.63, 3.8) is 0 Å². The molecule has 1 heterocycles. The van der Waals surface area contributed by atoms with E-state index in [1.54, 1.807) is 24.3 Å². The van der Waals surface area contributed by atoms with Gasteiger partial charge in [0.2, 0.25) is 0 Å². The Balaban J connectivity index is 1.57. The van der Waals surface area contributed by atoms with Crippen LogP contribution in [0.25, 0.3) is 10.4 Å². The minimum Gasteiger partial charge on any atom is -0.508 e. The van der Waals surface area contributed by atoms with Crippen LogP contribution in [0, 0.1) is 19.8 Å². The molecule has 1 aliphatic rings. The molecule has 176 valence electrons. The van der Waals surface area contributed by atoms with Gasteiger partial charge in [-0.25, -0.2) is 13.4 Å². The molecule has 3 N–H and O–H groups in total. The molecule has 8 heteroatoms. The number of hydrogen-bond acceptors (Lipinski definition) is 6. The van der Waals surface area contributed by atoms with Crippen molar-refractivity contribution in [2.75, 3.05) is 10.0 Å². The molecule has 1 aliphatic carbocycles. The van der Waals surface area contributed by atoms with Crippen LogP contribution in [0.5, 0.6) is 5.75 Å². The van der Waals surface area contributed by atoms with E-state index in [1.165, 1.54) is 56.4 Å². The molecule has 33 heavy (non-hydrogen) atoms. The van der Waals surface area contributed by atoms with Gasteiger partial charge in [-0.1, -0.05) is 42.7 Å². The van der Waals surface area contributed by atoms with Crippen LogP contribution in [0.3, 0.4) is 0 Å². The first-order chi connectivity index (χ1) is 15.7. The average molecular weight is 486 g/mol. The number of aromatic nitrogens is 1. The smallest absolute Gasteiger partial charge is 0.262 e. The van der Waals surface area contributed by atoms with Crippen LogP contribution in [0.4, 0.5) is 10.8 Å². The van der Waals surface area contributed by atoms with Crippen molar-refractivity contribution < 1.29 is 13.5 Å². The molecular formula is C25H31N3O3S2. The van der Waals surface area contributed by atoms with Gasteiger partial charge in [0.15, 0.2) is 5.13 Å². The molecule has 1 atom stereocenters. The number of nitrogens with zero attached hydrogens (tertiary/aromatic N) is 1. The molecule has 6 nitrogen and oxygen atoms in total. The number of aromatic hydroxyl groups is 1. The molecule has 0 saturated heterocycles. The van der Waals surface area contributed by atoms with Crippen LogP contribution in [0.15, 0.2) is 47.4 Å². The van der Waals surface area contributed by atoms with Crippen molar-refractivity contribution in [2.24, 2.45) is 5.92 Å². The highest BCUT2D eigenvalue weighted by Gasteiger charge is 2.23. The number of phenolic OH excluding ortho intramolecular Hbond substituents is 1. The number of anilines is 2. The van der Waals surface area contributed by atoms with Crippen molar-refractivity contribution in [1.82, 2.24) is 4.98 Å². The summed E-state index contributed by atoms with van der Waals surface area (Å²) in [5.74, 6) is 0.757. The normalized spacial score (nSPS) is 15.8. The highest BCUT2D eigenvalue weighted by atomic mass is 32.2. The Morgan fingerprint density at radius 2 is 1.76 bits per heavy atom. The number of aryl methyl sites for hydroxylation is 2. The predicted molar refractivity (Wildman–Crippen MR) is 136 cm³/mol. The van der Waals surface area contributed by atoms with Crippen molar-refractivity contribution in [1.29, 1.82) is 0 Å². The van der Waals surface area contributed by atoms with Crippen molar-refractivity contribution in [3.05, 3.63) is 53.7 Å². The topological polar surface area (TPSA) is 91.3 Å². The zero-order valence-corrected chi connectivity index (χ0v) is 20.9. The molecule has 4 rings (SSSR count). The van der Waals surface area contributed by atoms with Gasteiger partial charge in [0.1, 0.15) is 5.75 Å². The van der Waals surface area contributed by atoms with Gasteiger partial charge in [-0.3, -0.25) is 4.72 Å². The van der Waals surface area contributed by atoms with Crippen LogP contribution < -0.4 is 10.0 Å². The molecule has 1 aromatic heterocycles. The Labute approximate surface area is 200 Å². The van der Waals surface area contributed by atoms with E-state index in [4.69, 9.17) is 4.98 Å². The molecule has 0 radical (unpaired) electrons. The molecule has 3 aromatic rings. The summed E-state index contributed by atoms with van der Waals surface area (Å²) in [4.78, 5) is 5.93. The second-order valence-corrected chi connectivity index (χ2v) is 11.5. The van der Waals surface area contributed by atoms with Gasteiger partial charge >= 0.3 is 0 Å². The fraction of sp³-hybridized carbons (Fsp3) is 0.400. The minimum atomic E-state index is -3.79. The highest BCUT2D eigenvalue weighted by Crippen LogP contribution is 2.36. The lowest BCUT2D eigenvalue weighted by molar-refractivity contribution is 0.328. The minimum absolute atomic E-state index is 0.0824. The van der Waals surface area contributed by atoms with Gasteiger partial charge in [0, 0.05) is 11.7 Å². The van der Waals surface area contributed by atoms with E-state index < -0.39 is 10.0 Å². The summed E-state index contributed by atoms with van der Waals surface area (Å²) in [6, 6.07) is 11.8. The van der Waals surface area contributed by atoms with E-state index in [-0.39, 0.29) is 10.6 Å². The molecule has 2 aromatic carbocycles. The molecule has 0 unspecified atom stereocenters. The average Bonchev–Trinajstić information content (AvgIpc) is 3.16. The SMILES string of the molecule is Cc1ccc(-c2sc(N[C@H](C)C3CCCCC3)nc2C)cc1S(=O)(=O)Nc1ccc(O)cc1. The Hall–Kier alpha value is -2.58. The van der Waals surface area contributed by atoms with Gasteiger partial charge < -0.3 is 10.4 Å². The van der Waals surface area contributed by atoms with E-state index in [9.17, 15) is 13.5 Å². The maximum atomic E-state index is 13.1. The van der Waals surface area contributed by atoms with Gasteiger partial charge in [-0.05, 0) is 81.0 Å². The summed E-state index contributed by atoms with van der Waals surface area (Å²) in [6.07, 6.45) is 6.47.